The van der Waals surface area contributed by atoms with Crippen molar-refractivity contribution >= 4 is 28.1 Å². The number of pyridine rings is 1. The second-order valence-corrected chi connectivity index (χ2v) is 10.1. The average molecular weight is 547 g/mol. The summed E-state index contributed by atoms with van der Waals surface area (Å²) in [5.41, 5.74) is 0.832. The fraction of sp³-hybridized carbons (Fsp3) is 0.179. The summed E-state index contributed by atoms with van der Waals surface area (Å²) >= 11 is 1.45. The van der Waals surface area contributed by atoms with Crippen LogP contribution >= 0.6 is 11.3 Å². The molecule has 0 radical (unpaired) electrons. The molecule has 4 heterocycles. The lowest BCUT2D eigenvalue weighted by atomic mass is 9.91. The Hall–Kier alpha value is -4.40. The fourth-order valence-electron chi connectivity index (χ4n) is 4.97. The number of rotatable bonds is 4. The number of thiophene rings is 1. The summed E-state index contributed by atoms with van der Waals surface area (Å²) in [7, 11) is 0. The SMILES string of the molecule is Cc1c(O)c(F)c(F)c(-c2nc3n[nH]c(-c4cccs4)c3c(-c3ccc(N4CCNCC4)cc3)c2C#N)c1F. The van der Waals surface area contributed by atoms with E-state index < -0.39 is 40.0 Å². The van der Waals surface area contributed by atoms with Gasteiger partial charge in [0.2, 0.25) is 5.82 Å². The Bertz CT molecular complexity index is 1720. The van der Waals surface area contributed by atoms with Crippen LogP contribution in [0, 0.1) is 35.7 Å². The molecule has 1 saturated heterocycles. The number of aromatic nitrogens is 3. The molecular formula is C28H21F3N6OS. The van der Waals surface area contributed by atoms with E-state index >= 15 is 8.78 Å². The summed E-state index contributed by atoms with van der Waals surface area (Å²) in [5, 5.41) is 33.2. The largest absolute Gasteiger partial charge is 0.504 e. The lowest BCUT2D eigenvalue weighted by Crippen LogP contribution is -2.43. The highest BCUT2D eigenvalue weighted by molar-refractivity contribution is 7.13. The second-order valence-electron chi connectivity index (χ2n) is 9.17. The molecule has 0 spiro atoms. The number of nitriles is 1. The Balaban J connectivity index is 1.65. The lowest BCUT2D eigenvalue weighted by molar-refractivity contribution is 0.396. The molecule has 0 saturated carbocycles. The van der Waals surface area contributed by atoms with E-state index in [1.807, 2.05) is 41.8 Å². The molecule has 2 aromatic carbocycles. The zero-order valence-corrected chi connectivity index (χ0v) is 21.5. The van der Waals surface area contributed by atoms with E-state index in [4.69, 9.17) is 0 Å². The van der Waals surface area contributed by atoms with Gasteiger partial charge in [-0.25, -0.2) is 13.8 Å². The first-order valence-corrected chi connectivity index (χ1v) is 13.1. The van der Waals surface area contributed by atoms with Crippen LogP contribution in [0.25, 0.3) is 44.0 Å². The summed E-state index contributed by atoms with van der Waals surface area (Å²) in [5.74, 6) is -5.58. The van der Waals surface area contributed by atoms with Gasteiger partial charge in [-0.2, -0.15) is 14.8 Å². The maximum Gasteiger partial charge on any atom is 0.201 e. The summed E-state index contributed by atoms with van der Waals surface area (Å²) in [4.78, 5) is 7.42. The number of phenolic OH excluding ortho intramolecular Hbond substituents is 1. The van der Waals surface area contributed by atoms with Crippen LogP contribution in [0.1, 0.15) is 11.1 Å². The van der Waals surface area contributed by atoms with E-state index in [9.17, 15) is 14.8 Å². The van der Waals surface area contributed by atoms with Gasteiger partial charge in [0.25, 0.3) is 0 Å². The van der Waals surface area contributed by atoms with E-state index in [0.717, 1.165) is 43.7 Å². The zero-order valence-electron chi connectivity index (χ0n) is 20.6. The molecular weight excluding hydrogens is 525 g/mol. The van der Waals surface area contributed by atoms with Crippen LogP contribution in [0.15, 0.2) is 41.8 Å². The van der Waals surface area contributed by atoms with Crippen LogP contribution in [0.4, 0.5) is 18.9 Å². The standard InChI is InChI=1S/C28H21F3N6OS/c1-14-22(29)21(23(30)24(31)27(14)38)25-17(13-32)19(15-4-6-16(7-5-15)37-10-8-33-9-11-37)20-26(18-3-2-12-39-18)35-36-28(20)34-25/h2-7,12,33,38H,8-11H2,1H3,(H,34,35,36). The van der Waals surface area contributed by atoms with Crippen molar-refractivity contribution in [3.8, 4) is 44.8 Å². The number of halogens is 3. The first kappa shape index (κ1) is 24.9. The maximum atomic E-state index is 15.4. The predicted molar refractivity (Wildman–Crippen MR) is 144 cm³/mol. The minimum absolute atomic E-state index is 0.110. The third kappa shape index (κ3) is 4.00. The van der Waals surface area contributed by atoms with Crippen molar-refractivity contribution in [1.82, 2.24) is 20.5 Å². The zero-order chi connectivity index (χ0) is 27.3. The second kappa shape index (κ2) is 9.72. The highest BCUT2D eigenvalue weighted by Gasteiger charge is 2.30. The van der Waals surface area contributed by atoms with E-state index in [0.29, 0.717) is 22.2 Å². The van der Waals surface area contributed by atoms with E-state index in [1.165, 1.54) is 11.3 Å². The van der Waals surface area contributed by atoms with Crippen molar-refractivity contribution in [2.75, 3.05) is 31.1 Å². The number of nitrogens with zero attached hydrogens (tertiary/aromatic N) is 4. The van der Waals surface area contributed by atoms with Gasteiger partial charge in [-0.3, -0.25) is 5.10 Å². The fourth-order valence-corrected chi connectivity index (χ4v) is 5.70. The van der Waals surface area contributed by atoms with Gasteiger partial charge < -0.3 is 15.3 Å². The number of hydrogen-bond acceptors (Lipinski definition) is 7. The normalized spacial score (nSPS) is 13.7. The minimum Gasteiger partial charge on any atom is -0.504 e. The summed E-state index contributed by atoms with van der Waals surface area (Å²) in [6.45, 7) is 4.56. The molecule has 0 bridgehead atoms. The Morgan fingerprint density at radius 3 is 2.44 bits per heavy atom. The van der Waals surface area contributed by atoms with Crippen LogP contribution in [-0.4, -0.2) is 46.5 Å². The molecule has 39 heavy (non-hydrogen) atoms. The first-order chi connectivity index (χ1) is 18.9. The van der Waals surface area contributed by atoms with Crippen molar-refractivity contribution < 1.29 is 18.3 Å². The number of aromatic hydroxyl groups is 1. The number of hydrogen-bond donors (Lipinski definition) is 3. The molecule has 3 aromatic heterocycles. The number of fused-ring (bicyclic) bond motifs is 1. The molecule has 1 fully saturated rings. The number of phenols is 1. The monoisotopic (exact) mass is 546 g/mol. The van der Waals surface area contributed by atoms with Gasteiger partial charge in [0.05, 0.1) is 32.8 Å². The topological polar surface area (TPSA) is 101 Å². The highest BCUT2D eigenvalue weighted by atomic mass is 32.1. The molecule has 196 valence electrons. The van der Waals surface area contributed by atoms with Gasteiger partial charge in [-0.05, 0) is 36.1 Å². The van der Waals surface area contributed by atoms with Gasteiger partial charge >= 0.3 is 0 Å². The average Bonchev–Trinajstić information content (AvgIpc) is 3.65. The van der Waals surface area contributed by atoms with Crippen LogP contribution in [0.2, 0.25) is 0 Å². The molecule has 0 unspecified atom stereocenters. The predicted octanol–water partition coefficient (Wildman–Crippen LogP) is 5.73. The van der Waals surface area contributed by atoms with E-state index in [2.05, 4.69) is 31.5 Å². The van der Waals surface area contributed by atoms with Gasteiger partial charge in [0.1, 0.15) is 11.9 Å². The Morgan fingerprint density at radius 2 is 1.77 bits per heavy atom. The van der Waals surface area contributed by atoms with Crippen molar-refractivity contribution in [1.29, 1.82) is 5.26 Å². The van der Waals surface area contributed by atoms with Crippen LogP contribution in [-0.2, 0) is 0 Å². The molecule has 0 amide bonds. The van der Waals surface area contributed by atoms with Gasteiger partial charge in [-0.1, -0.05) is 18.2 Å². The number of piperazine rings is 1. The van der Waals surface area contributed by atoms with Crippen LogP contribution < -0.4 is 10.2 Å². The smallest absolute Gasteiger partial charge is 0.201 e. The number of nitrogens with one attached hydrogen (secondary N) is 2. The van der Waals surface area contributed by atoms with Crippen molar-refractivity contribution in [2.24, 2.45) is 0 Å². The third-order valence-electron chi connectivity index (χ3n) is 6.98. The molecule has 1 aliphatic rings. The first-order valence-electron chi connectivity index (χ1n) is 12.2. The number of aromatic amines is 1. The van der Waals surface area contributed by atoms with Crippen molar-refractivity contribution in [3.05, 3.63) is 70.4 Å². The molecule has 0 aliphatic carbocycles. The van der Waals surface area contributed by atoms with Gasteiger partial charge in [0, 0.05) is 43.0 Å². The Kier molecular flexibility index (Phi) is 6.21. The summed E-state index contributed by atoms with van der Waals surface area (Å²) < 4.78 is 45.1. The molecule has 0 atom stereocenters. The number of anilines is 1. The Morgan fingerprint density at radius 1 is 1.03 bits per heavy atom. The van der Waals surface area contributed by atoms with Crippen molar-refractivity contribution in [2.45, 2.75) is 6.92 Å². The van der Waals surface area contributed by atoms with E-state index in [-0.39, 0.29) is 11.2 Å². The quantitative estimate of drug-likeness (QED) is 0.249. The van der Waals surface area contributed by atoms with Gasteiger partial charge in [0.15, 0.2) is 17.2 Å². The molecule has 7 nitrogen and oxygen atoms in total. The highest BCUT2D eigenvalue weighted by Crippen LogP contribution is 2.44. The molecule has 11 heteroatoms. The number of benzene rings is 2. The van der Waals surface area contributed by atoms with Crippen LogP contribution in [0.3, 0.4) is 0 Å². The summed E-state index contributed by atoms with van der Waals surface area (Å²) in [6.07, 6.45) is 0. The Labute approximate surface area is 225 Å². The summed E-state index contributed by atoms with van der Waals surface area (Å²) in [6, 6.07) is 13.4. The van der Waals surface area contributed by atoms with Crippen molar-refractivity contribution in [3.63, 3.8) is 0 Å². The molecule has 5 aromatic rings. The number of H-pyrrole nitrogens is 1. The third-order valence-corrected chi connectivity index (χ3v) is 7.87. The van der Waals surface area contributed by atoms with E-state index in [1.54, 1.807) is 0 Å². The van der Waals surface area contributed by atoms with Crippen LogP contribution in [0.5, 0.6) is 5.75 Å². The molecule has 3 N–H and O–H groups in total. The van der Waals surface area contributed by atoms with Gasteiger partial charge in [-0.15, -0.1) is 11.3 Å². The molecule has 6 rings (SSSR count). The minimum atomic E-state index is -1.63. The maximum absolute atomic E-state index is 15.4. The lowest BCUT2D eigenvalue weighted by Gasteiger charge is -2.29. The molecule has 1 aliphatic heterocycles.